The molecule has 1 aromatic carbocycles. The van der Waals surface area contributed by atoms with Gasteiger partial charge in [-0.25, -0.2) is 0 Å². The minimum Gasteiger partial charge on any atom is -0.379 e. The smallest absolute Gasteiger partial charge is 0.249 e. The van der Waals surface area contributed by atoms with Crippen LogP contribution in [0.2, 0.25) is 0 Å². The third-order valence-electron chi connectivity index (χ3n) is 4.64. The van der Waals surface area contributed by atoms with E-state index >= 15 is 0 Å². The summed E-state index contributed by atoms with van der Waals surface area (Å²) in [6, 6.07) is 8.77. The summed E-state index contributed by atoms with van der Waals surface area (Å²) in [4.78, 5) is 14.6. The second-order valence-corrected chi connectivity index (χ2v) is 6.32. The van der Waals surface area contributed by atoms with Gasteiger partial charge >= 0.3 is 0 Å². The van der Waals surface area contributed by atoms with Crippen molar-refractivity contribution in [2.24, 2.45) is 0 Å². The van der Waals surface area contributed by atoms with E-state index in [0.29, 0.717) is 13.2 Å². The Morgan fingerprint density at radius 3 is 2.65 bits per heavy atom. The highest BCUT2D eigenvalue weighted by molar-refractivity contribution is 5.81. The third kappa shape index (κ3) is 4.31. The lowest BCUT2D eigenvalue weighted by Crippen LogP contribution is -2.45. The van der Waals surface area contributed by atoms with Crippen LogP contribution in [0.4, 0.5) is 0 Å². The Morgan fingerprint density at radius 2 is 2.00 bits per heavy atom. The number of ether oxygens (including phenoxy) is 2. The molecule has 0 aliphatic carbocycles. The molecule has 0 radical (unpaired) electrons. The summed E-state index contributed by atoms with van der Waals surface area (Å²) in [6.45, 7) is 6.70. The molecule has 2 aliphatic heterocycles. The lowest BCUT2D eigenvalue weighted by molar-refractivity contribution is -0.130. The molecule has 0 aromatic heterocycles. The highest BCUT2D eigenvalue weighted by Crippen LogP contribution is 2.22. The SMILES string of the molecule is Cc1ccc(C(CNC(=O)C2CCCO2)N2CCOCC2)cc1. The van der Waals surface area contributed by atoms with Crippen LogP contribution in [0, 0.1) is 6.92 Å². The number of rotatable bonds is 5. The molecule has 0 saturated carbocycles. The van der Waals surface area contributed by atoms with Crippen molar-refractivity contribution < 1.29 is 14.3 Å². The van der Waals surface area contributed by atoms with Crippen LogP contribution in [0.1, 0.15) is 30.0 Å². The van der Waals surface area contributed by atoms with Crippen LogP contribution in [0.15, 0.2) is 24.3 Å². The zero-order valence-electron chi connectivity index (χ0n) is 13.8. The standard InChI is InChI=1S/C18H26N2O3/c1-14-4-6-15(7-5-14)16(20-8-11-22-12-9-20)13-19-18(21)17-3-2-10-23-17/h4-7,16-17H,2-3,8-13H2,1H3,(H,19,21). The molecule has 0 bridgehead atoms. The topological polar surface area (TPSA) is 50.8 Å². The van der Waals surface area contributed by atoms with Gasteiger partial charge < -0.3 is 14.8 Å². The molecule has 2 unspecified atom stereocenters. The predicted molar refractivity (Wildman–Crippen MR) is 88.3 cm³/mol. The van der Waals surface area contributed by atoms with Crippen molar-refractivity contribution in [1.82, 2.24) is 10.2 Å². The zero-order chi connectivity index (χ0) is 16.1. The van der Waals surface area contributed by atoms with Crippen molar-refractivity contribution in [3.63, 3.8) is 0 Å². The first-order valence-electron chi connectivity index (χ1n) is 8.52. The average molecular weight is 318 g/mol. The number of carbonyl (C=O) groups is 1. The second kappa shape index (κ2) is 7.90. The monoisotopic (exact) mass is 318 g/mol. The van der Waals surface area contributed by atoms with Crippen LogP contribution in [0.5, 0.6) is 0 Å². The lowest BCUT2D eigenvalue weighted by Gasteiger charge is -2.35. The number of hydrogen-bond acceptors (Lipinski definition) is 4. The molecule has 1 aromatic rings. The van der Waals surface area contributed by atoms with E-state index in [1.165, 1.54) is 11.1 Å². The van der Waals surface area contributed by atoms with Crippen LogP contribution in [-0.2, 0) is 14.3 Å². The summed E-state index contributed by atoms with van der Waals surface area (Å²) in [5, 5.41) is 3.09. The van der Waals surface area contributed by atoms with Gasteiger partial charge in [0.2, 0.25) is 5.91 Å². The molecule has 0 spiro atoms. The van der Waals surface area contributed by atoms with Gasteiger partial charge in [-0.2, -0.15) is 0 Å². The Labute approximate surface area is 137 Å². The molecule has 1 amide bonds. The summed E-state index contributed by atoms with van der Waals surface area (Å²) in [7, 11) is 0. The van der Waals surface area contributed by atoms with E-state index in [1.54, 1.807) is 0 Å². The molecule has 5 nitrogen and oxygen atoms in total. The summed E-state index contributed by atoms with van der Waals surface area (Å²) in [5.41, 5.74) is 2.49. The van der Waals surface area contributed by atoms with E-state index in [0.717, 1.165) is 39.1 Å². The van der Waals surface area contributed by atoms with E-state index < -0.39 is 0 Å². The number of benzene rings is 1. The van der Waals surface area contributed by atoms with Crippen LogP contribution >= 0.6 is 0 Å². The van der Waals surface area contributed by atoms with Gasteiger partial charge in [0.1, 0.15) is 6.10 Å². The van der Waals surface area contributed by atoms with Gasteiger partial charge in [0.25, 0.3) is 0 Å². The van der Waals surface area contributed by atoms with Crippen LogP contribution in [0.25, 0.3) is 0 Å². The van der Waals surface area contributed by atoms with Gasteiger partial charge in [-0.1, -0.05) is 29.8 Å². The lowest BCUT2D eigenvalue weighted by atomic mass is 10.0. The first kappa shape index (κ1) is 16.4. The van der Waals surface area contributed by atoms with E-state index in [-0.39, 0.29) is 18.1 Å². The highest BCUT2D eigenvalue weighted by atomic mass is 16.5. The molecule has 1 N–H and O–H groups in total. The average Bonchev–Trinajstić information content (AvgIpc) is 3.12. The minimum absolute atomic E-state index is 0.0212. The quantitative estimate of drug-likeness (QED) is 0.897. The Morgan fingerprint density at radius 1 is 1.26 bits per heavy atom. The first-order valence-corrected chi connectivity index (χ1v) is 8.52. The Kier molecular flexibility index (Phi) is 5.65. The second-order valence-electron chi connectivity index (χ2n) is 6.32. The van der Waals surface area contributed by atoms with Gasteiger partial charge in [0, 0.05) is 26.2 Å². The molecular formula is C18H26N2O3. The molecule has 2 aliphatic rings. The third-order valence-corrected chi connectivity index (χ3v) is 4.64. The molecule has 5 heteroatoms. The summed E-state index contributed by atoms with van der Waals surface area (Å²) < 4.78 is 10.9. The summed E-state index contributed by atoms with van der Waals surface area (Å²) in [6.07, 6.45) is 1.54. The van der Waals surface area contributed by atoms with Gasteiger partial charge in [0.05, 0.1) is 19.3 Å². The minimum atomic E-state index is -0.265. The number of amides is 1. The number of nitrogens with zero attached hydrogens (tertiary/aromatic N) is 1. The first-order chi connectivity index (χ1) is 11.2. The fourth-order valence-electron chi connectivity index (χ4n) is 3.23. The van der Waals surface area contributed by atoms with Gasteiger partial charge in [-0.3, -0.25) is 9.69 Å². The Bertz CT molecular complexity index is 506. The van der Waals surface area contributed by atoms with Crippen molar-refractivity contribution in [1.29, 1.82) is 0 Å². The van der Waals surface area contributed by atoms with E-state index in [1.807, 2.05) is 0 Å². The molecule has 23 heavy (non-hydrogen) atoms. The Hall–Kier alpha value is -1.43. The van der Waals surface area contributed by atoms with Crippen molar-refractivity contribution in [2.45, 2.75) is 31.9 Å². The van der Waals surface area contributed by atoms with E-state index in [4.69, 9.17) is 9.47 Å². The molecular weight excluding hydrogens is 292 g/mol. The fourth-order valence-corrected chi connectivity index (χ4v) is 3.23. The molecule has 2 heterocycles. The van der Waals surface area contributed by atoms with E-state index in [2.05, 4.69) is 41.4 Å². The zero-order valence-corrected chi connectivity index (χ0v) is 13.8. The van der Waals surface area contributed by atoms with Crippen LogP contribution < -0.4 is 5.32 Å². The van der Waals surface area contributed by atoms with Crippen molar-refractivity contribution in [2.75, 3.05) is 39.5 Å². The van der Waals surface area contributed by atoms with Crippen molar-refractivity contribution >= 4 is 5.91 Å². The van der Waals surface area contributed by atoms with Gasteiger partial charge in [-0.05, 0) is 25.3 Å². The predicted octanol–water partition coefficient (Wildman–Crippen LogP) is 1.66. The molecule has 2 saturated heterocycles. The fraction of sp³-hybridized carbons (Fsp3) is 0.611. The van der Waals surface area contributed by atoms with Gasteiger partial charge in [-0.15, -0.1) is 0 Å². The normalized spacial score (nSPS) is 23.6. The number of aryl methyl sites for hydroxylation is 1. The summed E-state index contributed by atoms with van der Waals surface area (Å²) >= 11 is 0. The van der Waals surface area contributed by atoms with E-state index in [9.17, 15) is 4.79 Å². The molecule has 2 fully saturated rings. The number of nitrogens with one attached hydrogen (secondary N) is 1. The number of morpholine rings is 1. The largest absolute Gasteiger partial charge is 0.379 e. The van der Waals surface area contributed by atoms with Crippen molar-refractivity contribution in [3.8, 4) is 0 Å². The van der Waals surface area contributed by atoms with Crippen LogP contribution in [0.3, 0.4) is 0 Å². The Balaban J connectivity index is 1.66. The van der Waals surface area contributed by atoms with Crippen molar-refractivity contribution in [3.05, 3.63) is 35.4 Å². The number of carbonyl (C=O) groups excluding carboxylic acids is 1. The maximum atomic E-state index is 12.2. The summed E-state index contributed by atoms with van der Waals surface area (Å²) in [5.74, 6) is 0.0212. The van der Waals surface area contributed by atoms with Gasteiger partial charge in [0.15, 0.2) is 0 Å². The molecule has 3 rings (SSSR count). The maximum Gasteiger partial charge on any atom is 0.249 e. The maximum absolute atomic E-state index is 12.2. The highest BCUT2D eigenvalue weighted by Gasteiger charge is 2.27. The molecule has 126 valence electrons. The van der Waals surface area contributed by atoms with Crippen LogP contribution in [-0.4, -0.2) is 56.4 Å². The molecule has 2 atom stereocenters. The number of hydrogen-bond donors (Lipinski definition) is 1.